The molecule has 0 saturated heterocycles. The molecule has 1 aromatic rings. The Morgan fingerprint density at radius 2 is 1.85 bits per heavy atom. The summed E-state index contributed by atoms with van der Waals surface area (Å²) in [6.45, 7) is 1.55. The van der Waals surface area contributed by atoms with Crippen molar-refractivity contribution in [2.75, 3.05) is 6.73 Å². The van der Waals surface area contributed by atoms with Gasteiger partial charge in [0.1, 0.15) is 12.5 Å². The highest BCUT2D eigenvalue weighted by molar-refractivity contribution is 5.70. The van der Waals surface area contributed by atoms with E-state index in [-0.39, 0.29) is 12.6 Å². The minimum atomic E-state index is -0.333. The Balaban J connectivity index is 0.000000310. The molecule has 4 N–H and O–H groups in total. The van der Waals surface area contributed by atoms with Crippen molar-refractivity contribution in [3.8, 4) is 5.75 Å². The van der Waals surface area contributed by atoms with E-state index in [2.05, 4.69) is 5.73 Å². The highest BCUT2D eigenvalue weighted by Crippen LogP contribution is 2.06. The van der Waals surface area contributed by atoms with E-state index in [0.29, 0.717) is 0 Å². The number of hydrogen-bond acceptors (Lipinski definition) is 3. The quantitative estimate of drug-likeness (QED) is 0.653. The molecule has 4 heteroatoms. The minimum Gasteiger partial charge on any atom is -0.479 e. The van der Waals surface area contributed by atoms with E-state index in [9.17, 15) is 4.79 Å². The molecule has 0 bridgehead atoms. The Bertz CT molecular complexity index is 233. The van der Waals surface area contributed by atoms with E-state index in [4.69, 9.17) is 10.5 Å². The second kappa shape index (κ2) is 7.12. The van der Waals surface area contributed by atoms with Crippen LogP contribution in [-0.2, 0) is 4.79 Å². The lowest BCUT2D eigenvalue weighted by molar-refractivity contribution is -0.115. The molecule has 72 valence electrons. The second-order valence-electron chi connectivity index (χ2n) is 2.23. The predicted molar refractivity (Wildman–Crippen MR) is 51.0 cm³/mol. The molecule has 0 unspecified atom stereocenters. The number of amides is 1. The Hall–Kier alpha value is -1.55. The van der Waals surface area contributed by atoms with Gasteiger partial charge in [-0.3, -0.25) is 10.5 Å². The first-order valence-electron chi connectivity index (χ1n) is 3.80. The molecular formula is C9H14N2O2. The van der Waals surface area contributed by atoms with Crippen molar-refractivity contribution < 1.29 is 9.53 Å². The standard InChI is InChI=1S/C7H9NO.C2H5NO/c8-6-9-7-4-2-1-3-5-7;1-2(3)4/h1-5H,6,8H2;1H3,(H2,3,4). The number of ether oxygens (including phenoxy) is 1. The number of rotatable bonds is 2. The molecule has 1 aromatic carbocycles. The summed E-state index contributed by atoms with van der Waals surface area (Å²) in [5, 5.41) is 0. The van der Waals surface area contributed by atoms with Crippen molar-refractivity contribution in [3.63, 3.8) is 0 Å². The van der Waals surface area contributed by atoms with Crippen molar-refractivity contribution in [2.45, 2.75) is 6.92 Å². The predicted octanol–water partition coefficient (Wildman–Crippen LogP) is 0.473. The molecule has 0 atom stereocenters. The summed E-state index contributed by atoms with van der Waals surface area (Å²) in [7, 11) is 0. The topological polar surface area (TPSA) is 78.3 Å². The van der Waals surface area contributed by atoms with E-state index in [1.165, 1.54) is 6.92 Å². The fourth-order valence-corrected chi connectivity index (χ4v) is 0.613. The van der Waals surface area contributed by atoms with Crippen LogP contribution < -0.4 is 16.2 Å². The molecule has 0 radical (unpaired) electrons. The van der Waals surface area contributed by atoms with Crippen LogP contribution in [0.2, 0.25) is 0 Å². The molecule has 0 fully saturated rings. The third kappa shape index (κ3) is 8.36. The summed E-state index contributed by atoms with van der Waals surface area (Å²) in [6, 6.07) is 9.49. The van der Waals surface area contributed by atoms with Gasteiger partial charge in [0.2, 0.25) is 5.91 Å². The van der Waals surface area contributed by atoms with Gasteiger partial charge in [0, 0.05) is 6.92 Å². The van der Waals surface area contributed by atoms with Gasteiger partial charge in [-0.15, -0.1) is 0 Å². The zero-order valence-electron chi connectivity index (χ0n) is 7.57. The fourth-order valence-electron chi connectivity index (χ4n) is 0.613. The Labute approximate surface area is 77.5 Å². The number of hydrogen-bond donors (Lipinski definition) is 2. The van der Waals surface area contributed by atoms with Gasteiger partial charge in [-0.1, -0.05) is 18.2 Å². The average Bonchev–Trinajstić information content (AvgIpc) is 2.06. The van der Waals surface area contributed by atoms with Crippen LogP contribution in [0.15, 0.2) is 30.3 Å². The van der Waals surface area contributed by atoms with E-state index in [1.807, 2.05) is 30.3 Å². The molecule has 0 aromatic heterocycles. The van der Waals surface area contributed by atoms with Crippen molar-refractivity contribution in [2.24, 2.45) is 11.5 Å². The van der Waals surface area contributed by atoms with Gasteiger partial charge in [-0.05, 0) is 12.1 Å². The lowest BCUT2D eigenvalue weighted by atomic mass is 10.3. The molecule has 0 aliphatic rings. The van der Waals surface area contributed by atoms with E-state index in [1.54, 1.807) is 0 Å². The third-order valence-electron chi connectivity index (χ3n) is 0.993. The third-order valence-corrected chi connectivity index (χ3v) is 0.993. The summed E-state index contributed by atoms with van der Waals surface area (Å²) < 4.78 is 4.98. The monoisotopic (exact) mass is 182 g/mol. The average molecular weight is 182 g/mol. The summed E-state index contributed by atoms with van der Waals surface area (Å²) in [5.41, 5.74) is 9.61. The van der Waals surface area contributed by atoms with Crippen LogP contribution in [-0.4, -0.2) is 12.6 Å². The Kier molecular flexibility index (Phi) is 6.27. The maximum atomic E-state index is 9.22. The number of carbonyl (C=O) groups excluding carboxylic acids is 1. The van der Waals surface area contributed by atoms with Crippen molar-refractivity contribution in [3.05, 3.63) is 30.3 Å². The highest BCUT2D eigenvalue weighted by atomic mass is 16.5. The van der Waals surface area contributed by atoms with Crippen molar-refractivity contribution >= 4 is 5.91 Å². The summed E-state index contributed by atoms with van der Waals surface area (Å²) >= 11 is 0. The van der Waals surface area contributed by atoms with Crippen LogP contribution in [0.25, 0.3) is 0 Å². The van der Waals surface area contributed by atoms with Crippen LogP contribution in [0.1, 0.15) is 6.92 Å². The van der Waals surface area contributed by atoms with Gasteiger partial charge in [0.05, 0.1) is 0 Å². The van der Waals surface area contributed by atoms with Crippen molar-refractivity contribution in [1.82, 2.24) is 0 Å². The van der Waals surface area contributed by atoms with Gasteiger partial charge in [-0.2, -0.15) is 0 Å². The van der Waals surface area contributed by atoms with Crippen LogP contribution in [0.4, 0.5) is 0 Å². The maximum absolute atomic E-state index is 9.22. The number of carbonyl (C=O) groups is 1. The largest absolute Gasteiger partial charge is 0.479 e. The normalized spacial score (nSPS) is 8.15. The molecule has 0 aliphatic heterocycles. The molecule has 4 nitrogen and oxygen atoms in total. The molecule has 0 heterocycles. The first-order valence-corrected chi connectivity index (χ1v) is 3.80. The highest BCUT2D eigenvalue weighted by Gasteiger charge is 1.83. The van der Waals surface area contributed by atoms with Gasteiger partial charge < -0.3 is 10.5 Å². The minimum absolute atomic E-state index is 0.240. The molecule has 13 heavy (non-hydrogen) atoms. The molecule has 0 spiro atoms. The zero-order chi connectivity index (χ0) is 10.1. The van der Waals surface area contributed by atoms with E-state index >= 15 is 0 Å². The first kappa shape index (κ1) is 11.4. The zero-order valence-corrected chi connectivity index (χ0v) is 7.57. The van der Waals surface area contributed by atoms with Gasteiger partial charge in [0.25, 0.3) is 0 Å². The molecule has 0 saturated carbocycles. The summed E-state index contributed by atoms with van der Waals surface area (Å²) in [6.07, 6.45) is 0. The Morgan fingerprint density at radius 3 is 2.23 bits per heavy atom. The van der Waals surface area contributed by atoms with Crippen LogP contribution >= 0.6 is 0 Å². The van der Waals surface area contributed by atoms with E-state index < -0.39 is 0 Å². The smallest absolute Gasteiger partial charge is 0.214 e. The maximum Gasteiger partial charge on any atom is 0.214 e. The molecule has 1 amide bonds. The Morgan fingerprint density at radius 1 is 1.38 bits per heavy atom. The van der Waals surface area contributed by atoms with Gasteiger partial charge in [0.15, 0.2) is 0 Å². The second-order valence-corrected chi connectivity index (χ2v) is 2.23. The number of primary amides is 1. The van der Waals surface area contributed by atoms with E-state index in [0.717, 1.165) is 5.75 Å². The lowest BCUT2D eigenvalue weighted by Crippen LogP contribution is -2.06. The van der Waals surface area contributed by atoms with Crippen LogP contribution in [0, 0.1) is 0 Å². The summed E-state index contributed by atoms with van der Waals surface area (Å²) in [4.78, 5) is 9.22. The molecule has 1 rings (SSSR count). The van der Waals surface area contributed by atoms with Gasteiger partial charge >= 0.3 is 0 Å². The number of nitrogens with two attached hydrogens (primary N) is 2. The van der Waals surface area contributed by atoms with Crippen molar-refractivity contribution in [1.29, 1.82) is 0 Å². The number of para-hydroxylation sites is 1. The number of benzene rings is 1. The fraction of sp³-hybridized carbons (Fsp3) is 0.222. The molecular weight excluding hydrogens is 168 g/mol. The van der Waals surface area contributed by atoms with Gasteiger partial charge in [-0.25, -0.2) is 0 Å². The SMILES string of the molecule is CC(N)=O.NCOc1ccccc1. The summed E-state index contributed by atoms with van der Waals surface area (Å²) in [5.74, 6) is 0.486. The van der Waals surface area contributed by atoms with Crippen LogP contribution in [0.5, 0.6) is 5.75 Å². The first-order chi connectivity index (χ1) is 6.16. The van der Waals surface area contributed by atoms with Crippen LogP contribution in [0.3, 0.4) is 0 Å². The molecule has 0 aliphatic carbocycles. The lowest BCUT2D eigenvalue weighted by Gasteiger charge is -1.98.